The van der Waals surface area contributed by atoms with Gasteiger partial charge in [0.2, 0.25) is 0 Å². The number of hydrogen-bond donors (Lipinski definition) is 1. The molecular formula is C14H21BrN2O2. The smallest absolute Gasteiger partial charge is 0.306 e. The van der Waals surface area contributed by atoms with Crippen molar-refractivity contribution in [2.75, 3.05) is 0 Å². The summed E-state index contributed by atoms with van der Waals surface area (Å²) in [6.45, 7) is 5.00. The summed E-state index contributed by atoms with van der Waals surface area (Å²) in [7, 11) is 0. The molecular weight excluding hydrogens is 308 g/mol. The number of carbonyl (C=O) groups is 1. The summed E-state index contributed by atoms with van der Waals surface area (Å²) >= 11 is 3.64. The zero-order valence-electron chi connectivity index (χ0n) is 11.5. The van der Waals surface area contributed by atoms with E-state index in [-0.39, 0.29) is 11.8 Å². The van der Waals surface area contributed by atoms with E-state index in [1.54, 1.807) is 0 Å². The van der Waals surface area contributed by atoms with Crippen LogP contribution in [0.15, 0.2) is 4.47 Å². The molecule has 0 bridgehead atoms. The summed E-state index contributed by atoms with van der Waals surface area (Å²) < 4.78 is 3.09. The molecule has 1 fully saturated rings. The normalized spacial score (nSPS) is 22.9. The molecule has 2 unspecified atom stereocenters. The van der Waals surface area contributed by atoms with E-state index in [4.69, 9.17) is 0 Å². The molecule has 2 rings (SSSR count). The van der Waals surface area contributed by atoms with Crippen LogP contribution in [0.5, 0.6) is 0 Å². The topological polar surface area (TPSA) is 55.1 Å². The number of hydrogen-bond acceptors (Lipinski definition) is 2. The largest absolute Gasteiger partial charge is 0.481 e. The lowest BCUT2D eigenvalue weighted by atomic mass is 9.91. The van der Waals surface area contributed by atoms with E-state index in [9.17, 15) is 9.90 Å². The molecule has 4 nitrogen and oxygen atoms in total. The summed E-state index contributed by atoms with van der Waals surface area (Å²) in [5, 5.41) is 13.9. The fourth-order valence-electron chi connectivity index (χ4n) is 3.07. The Morgan fingerprint density at radius 2 is 2.21 bits per heavy atom. The van der Waals surface area contributed by atoms with E-state index in [0.29, 0.717) is 0 Å². The van der Waals surface area contributed by atoms with Gasteiger partial charge >= 0.3 is 5.97 Å². The van der Waals surface area contributed by atoms with Gasteiger partial charge in [-0.05, 0) is 54.5 Å². The van der Waals surface area contributed by atoms with Crippen molar-refractivity contribution in [2.45, 2.75) is 52.5 Å². The quantitative estimate of drug-likeness (QED) is 0.902. The Kier molecular flexibility index (Phi) is 4.66. The first-order valence-electron chi connectivity index (χ1n) is 7.05. The average Bonchev–Trinajstić information content (AvgIpc) is 2.96. The van der Waals surface area contributed by atoms with Gasteiger partial charge in [0.15, 0.2) is 0 Å². The van der Waals surface area contributed by atoms with Crippen molar-refractivity contribution in [1.82, 2.24) is 9.78 Å². The molecule has 1 aliphatic rings. The highest BCUT2D eigenvalue weighted by molar-refractivity contribution is 9.10. The van der Waals surface area contributed by atoms with Crippen molar-refractivity contribution in [3.8, 4) is 0 Å². The van der Waals surface area contributed by atoms with E-state index in [1.165, 1.54) is 0 Å². The van der Waals surface area contributed by atoms with Crippen LogP contribution in [0.4, 0.5) is 0 Å². The third-order valence-electron chi connectivity index (χ3n) is 4.13. The van der Waals surface area contributed by atoms with Gasteiger partial charge in [-0.2, -0.15) is 5.10 Å². The molecule has 106 valence electrons. The van der Waals surface area contributed by atoms with E-state index in [0.717, 1.165) is 54.5 Å². The Labute approximate surface area is 122 Å². The van der Waals surface area contributed by atoms with Crippen molar-refractivity contribution in [3.05, 3.63) is 15.9 Å². The number of halogens is 1. The monoisotopic (exact) mass is 328 g/mol. The number of nitrogens with zero attached hydrogens (tertiary/aromatic N) is 2. The number of rotatable bonds is 5. The van der Waals surface area contributed by atoms with Gasteiger partial charge in [0.05, 0.1) is 21.8 Å². The Balaban J connectivity index is 2.23. The lowest BCUT2D eigenvalue weighted by molar-refractivity contribution is -0.142. The van der Waals surface area contributed by atoms with Gasteiger partial charge in [-0.25, -0.2) is 0 Å². The highest BCUT2D eigenvalue weighted by Gasteiger charge is 2.34. The molecule has 0 aromatic carbocycles. The van der Waals surface area contributed by atoms with E-state index < -0.39 is 5.97 Å². The van der Waals surface area contributed by atoms with Gasteiger partial charge in [-0.15, -0.1) is 0 Å². The highest BCUT2D eigenvalue weighted by atomic mass is 79.9. The van der Waals surface area contributed by atoms with Crippen LogP contribution in [0.3, 0.4) is 0 Å². The summed E-state index contributed by atoms with van der Waals surface area (Å²) in [6.07, 6.45) is 4.57. The minimum atomic E-state index is -0.642. The van der Waals surface area contributed by atoms with Gasteiger partial charge in [0.25, 0.3) is 0 Å². The first-order chi connectivity index (χ1) is 9.08. The maximum atomic E-state index is 11.3. The molecule has 1 saturated carbocycles. The van der Waals surface area contributed by atoms with Gasteiger partial charge in [0.1, 0.15) is 0 Å². The van der Waals surface area contributed by atoms with E-state index in [1.807, 2.05) is 4.68 Å². The van der Waals surface area contributed by atoms with Crippen molar-refractivity contribution in [3.63, 3.8) is 0 Å². The van der Waals surface area contributed by atoms with Crippen LogP contribution in [-0.2, 0) is 24.2 Å². The molecule has 19 heavy (non-hydrogen) atoms. The third-order valence-corrected chi connectivity index (χ3v) is 5.04. The minimum Gasteiger partial charge on any atom is -0.481 e. The summed E-state index contributed by atoms with van der Waals surface area (Å²) in [5.41, 5.74) is 2.24. The molecule has 0 radical (unpaired) electrons. The molecule has 0 saturated heterocycles. The van der Waals surface area contributed by atoms with Gasteiger partial charge in [0, 0.05) is 6.54 Å². The maximum absolute atomic E-state index is 11.3. The van der Waals surface area contributed by atoms with E-state index >= 15 is 0 Å². The van der Waals surface area contributed by atoms with Crippen molar-refractivity contribution in [1.29, 1.82) is 0 Å². The molecule has 1 N–H and O–H groups in total. The van der Waals surface area contributed by atoms with Crippen molar-refractivity contribution < 1.29 is 9.90 Å². The first kappa shape index (κ1) is 14.6. The molecule has 0 aliphatic heterocycles. The molecule has 1 aromatic heterocycles. The second-order valence-electron chi connectivity index (χ2n) is 5.22. The Bertz CT molecular complexity index is 470. The van der Waals surface area contributed by atoms with Crippen molar-refractivity contribution >= 4 is 21.9 Å². The predicted octanol–water partition coefficient (Wildman–Crippen LogP) is 3.27. The van der Waals surface area contributed by atoms with Crippen LogP contribution in [0.1, 0.15) is 44.5 Å². The predicted molar refractivity (Wildman–Crippen MR) is 77.1 cm³/mol. The van der Waals surface area contributed by atoms with Crippen molar-refractivity contribution in [2.24, 2.45) is 11.8 Å². The fraction of sp³-hybridized carbons (Fsp3) is 0.714. The molecule has 2 atom stereocenters. The lowest BCUT2D eigenvalue weighted by Gasteiger charge is -2.16. The number of carboxylic acid groups (broad SMARTS) is 1. The third kappa shape index (κ3) is 2.86. The zero-order chi connectivity index (χ0) is 14.0. The molecule has 1 aromatic rings. The number of aliphatic carboxylic acids is 1. The molecule has 0 amide bonds. The van der Waals surface area contributed by atoms with Crippen LogP contribution in [0.25, 0.3) is 0 Å². The standard InChI is InChI=1S/C14H21BrN2O2/c1-3-11-13(15)12(17(4-2)16-11)8-9-6-5-7-10(9)14(18)19/h9-10H,3-8H2,1-2H3,(H,18,19). The van der Waals surface area contributed by atoms with Crippen LogP contribution in [0, 0.1) is 11.8 Å². The van der Waals surface area contributed by atoms with Gasteiger partial charge in [-0.1, -0.05) is 13.3 Å². The molecule has 0 spiro atoms. The maximum Gasteiger partial charge on any atom is 0.306 e. The first-order valence-corrected chi connectivity index (χ1v) is 7.84. The van der Waals surface area contributed by atoms with Gasteiger partial charge < -0.3 is 5.11 Å². The van der Waals surface area contributed by atoms with Gasteiger partial charge in [-0.3, -0.25) is 9.48 Å². The number of aryl methyl sites for hydroxylation is 2. The van der Waals surface area contributed by atoms with Crippen LogP contribution < -0.4 is 0 Å². The minimum absolute atomic E-state index is 0.183. The Morgan fingerprint density at radius 1 is 1.47 bits per heavy atom. The Hall–Kier alpha value is -0.840. The zero-order valence-corrected chi connectivity index (χ0v) is 13.1. The average molecular weight is 329 g/mol. The Morgan fingerprint density at radius 3 is 2.79 bits per heavy atom. The SMILES string of the molecule is CCc1nn(CC)c(CC2CCCC2C(=O)O)c1Br. The second kappa shape index (κ2) is 6.07. The highest BCUT2D eigenvalue weighted by Crippen LogP contribution is 2.36. The molecule has 1 aliphatic carbocycles. The lowest BCUT2D eigenvalue weighted by Crippen LogP contribution is -2.21. The number of carboxylic acids is 1. The van der Waals surface area contributed by atoms with E-state index in [2.05, 4.69) is 34.9 Å². The van der Waals surface area contributed by atoms with Crippen LogP contribution in [-0.4, -0.2) is 20.9 Å². The summed E-state index contributed by atoms with van der Waals surface area (Å²) in [4.78, 5) is 11.3. The molecule has 5 heteroatoms. The second-order valence-corrected chi connectivity index (χ2v) is 6.01. The summed E-state index contributed by atoms with van der Waals surface area (Å²) in [6, 6.07) is 0. The fourth-order valence-corrected chi connectivity index (χ4v) is 3.79. The number of aromatic nitrogens is 2. The molecule has 1 heterocycles. The van der Waals surface area contributed by atoms with Crippen LogP contribution >= 0.6 is 15.9 Å². The summed E-state index contributed by atoms with van der Waals surface area (Å²) in [5.74, 6) is -0.574. The van der Waals surface area contributed by atoms with Crippen LogP contribution in [0.2, 0.25) is 0 Å².